The molecular weight excluding hydrogens is 466 g/mol. The molecule has 1 aliphatic rings. The third-order valence-corrected chi connectivity index (χ3v) is 6.39. The maximum atomic E-state index is 12.7. The highest BCUT2D eigenvalue weighted by Crippen LogP contribution is 2.34. The highest BCUT2D eigenvalue weighted by Gasteiger charge is 2.23. The zero-order chi connectivity index (χ0) is 23.5. The van der Waals surface area contributed by atoms with Gasteiger partial charge in [-0.05, 0) is 50.2 Å². The van der Waals surface area contributed by atoms with Gasteiger partial charge in [0.05, 0.1) is 11.3 Å². The molecule has 0 unspecified atom stereocenters. The lowest BCUT2D eigenvalue weighted by Gasteiger charge is -2.15. The zero-order valence-electron chi connectivity index (χ0n) is 18.2. The quantitative estimate of drug-likeness (QED) is 0.488. The molecule has 0 aliphatic carbocycles. The van der Waals surface area contributed by atoms with Gasteiger partial charge in [0.15, 0.2) is 22.5 Å². The fourth-order valence-corrected chi connectivity index (χ4v) is 4.13. The van der Waals surface area contributed by atoms with Gasteiger partial charge in [-0.25, -0.2) is 0 Å². The highest BCUT2D eigenvalue weighted by molar-refractivity contribution is 8.00. The predicted molar refractivity (Wildman–Crippen MR) is 125 cm³/mol. The van der Waals surface area contributed by atoms with E-state index in [1.807, 2.05) is 6.92 Å². The third-order valence-electron chi connectivity index (χ3n) is 5.00. The van der Waals surface area contributed by atoms with Gasteiger partial charge in [-0.1, -0.05) is 23.4 Å². The van der Waals surface area contributed by atoms with Crippen molar-refractivity contribution in [1.82, 2.24) is 20.1 Å². The number of carbonyl (C=O) groups is 2. The van der Waals surface area contributed by atoms with Crippen molar-refractivity contribution in [3.8, 4) is 11.5 Å². The largest absolute Gasteiger partial charge is 0.454 e. The molecule has 11 heteroatoms. The van der Waals surface area contributed by atoms with E-state index in [9.17, 15) is 9.59 Å². The van der Waals surface area contributed by atoms with E-state index in [1.165, 1.54) is 11.8 Å². The van der Waals surface area contributed by atoms with Crippen LogP contribution in [-0.2, 0) is 11.8 Å². The van der Waals surface area contributed by atoms with E-state index in [4.69, 9.17) is 21.1 Å². The Morgan fingerprint density at radius 3 is 2.58 bits per heavy atom. The summed E-state index contributed by atoms with van der Waals surface area (Å²) in [4.78, 5) is 25.2. The van der Waals surface area contributed by atoms with Crippen LogP contribution in [0.15, 0.2) is 47.6 Å². The smallest absolute Gasteiger partial charge is 0.251 e. The molecule has 172 valence electrons. The molecule has 3 aromatic rings. The predicted octanol–water partition coefficient (Wildman–Crippen LogP) is 3.81. The molecule has 0 saturated heterocycles. The van der Waals surface area contributed by atoms with E-state index >= 15 is 0 Å². The Morgan fingerprint density at radius 2 is 1.82 bits per heavy atom. The summed E-state index contributed by atoms with van der Waals surface area (Å²) in [5.74, 6) is 1.39. The van der Waals surface area contributed by atoms with E-state index < -0.39 is 11.3 Å². The van der Waals surface area contributed by atoms with Crippen LogP contribution in [0.3, 0.4) is 0 Å². The SMILES string of the molecule is C[C@H](Sc1nnc([C@@H](C)NC(=O)c2ccc(Cl)cc2)n1C)C(=O)Nc1ccc2c(c1)OCO2. The van der Waals surface area contributed by atoms with Gasteiger partial charge in [0, 0.05) is 29.4 Å². The molecule has 4 rings (SSSR count). The molecule has 2 heterocycles. The van der Waals surface area contributed by atoms with Crippen molar-refractivity contribution in [3.05, 3.63) is 58.9 Å². The van der Waals surface area contributed by atoms with Gasteiger partial charge >= 0.3 is 0 Å². The number of ether oxygens (including phenoxy) is 2. The van der Waals surface area contributed by atoms with Crippen LogP contribution in [0.25, 0.3) is 0 Å². The van der Waals surface area contributed by atoms with Crippen LogP contribution in [0.2, 0.25) is 5.02 Å². The first-order valence-electron chi connectivity index (χ1n) is 10.1. The first kappa shape index (κ1) is 22.9. The number of rotatable bonds is 7. The van der Waals surface area contributed by atoms with Gasteiger partial charge in [-0.2, -0.15) is 0 Å². The molecule has 0 fully saturated rings. The summed E-state index contributed by atoms with van der Waals surface area (Å²) < 4.78 is 12.4. The summed E-state index contributed by atoms with van der Waals surface area (Å²) in [7, 11) is 1.80. The Morgan fingerprint density at radius 1 is 1.09 bits per heavy atom. The zero-order valence-corrected chi connectivity index (χ0v) is 19.7. The minimum Gasteiger partial charge on any atom is -0.454 e. The molecule has 0 radical (unpaired) electrons. The summed E-state index contributed by atoms with van der Waals surface area (Å²) in [6, 6.07) is 11.5. The summed E-state index contributed by atoms with van der Waals surface area (Å²) in [6.45, 7) is 3.78. The maximum absolute atomic E-state index is 12.7. The van der Waals surface area contributed by atoms with Crippen LogP contribution in [0, 0.1) is 0 Å². The normalized spacial score (nSPS) is 13.9. The van der Waals surface area contributed by atoms with Crippen molar-refractivity contribution in [2.24, 2.45) is 7.05 Å². The second-order valence-corrected chi connectivity index (χ2v) is 9.16. The number of benzene rings is 2. The lowest BCUT2D eigenvalue weighted by molar-refractivity contribution is -0.115. The highest BCUT2D eigenvalue weighted by atomic mass is 35.5. The number of nitrogens with zero attached hydrogens (tertiary/aromatic N) is 3. The topological polar surface area (TPSA) is 107 Å². The molecule has 0 saturated carbocycles. The van der Waals surface area contributed by atoms with Crippen LogP contribution in [0.4, 0.5) is 5.69 Å². The van der Waals surface area contributed by atoms with Crippen LogP contribution in [0.5, 0.6) is 11.5 Å². The lowest BCUT2D eigenvalue weighted by atomic mass is 10.2. The number of carbonyl (C=O) groups excluding carboxylic acids is 2. The van der Waals surface area contributed by atoms with Crippen molar-refractivity contribution >= 4 is 40.9 Å². The fraction of sp³-hybridized carbons (Fsp3) is 0.273. The molecule has 9 nitrogen and oxygen atoms in total. The fourth-order valence-electron chi connectivity index (χ4n) is 3.18. The van der Waals surface area contributed by atoms with Crippen molar-refractivity contribution < 1.29 is 19.1 Å². The Hall–Kier alpha value is -3.24. The van der Waals surface area contributed by atoms with Gasteiger partial charge in [0.25, 0.3) is 5.91 Å². The van der Waals surface area contributed by atoms with E-state index in [0.29, 0.717) is 38.8 Å². The summed E-state index contributed by atoms with van der Waals surface area (Å²) >= 11 is 7.15. The number of hydrogen-bond donors (Lipinski definition) is 2. The van der Waals surface area contributed by atoms with E-state index in [1.54, 1.807) is 61.0 Å². The average molecular weight is 488 g/mol. The number of fused-ring (bicyclic) bond motifs is 1. The van der Waals surface area contributed by atoms with Gasteiger partial charge in [0.2, 0.25) is 12.7 Å². The van der Waals surface area contributed by atoms with E-state index in [2.05, 4.69) is 20.8 Å². The minimum absolute atomic E-state index is 0.173. The van der Waals surface area contributed by atoms with Gasteiger partial charge < -0.3 is 24.7 Å². The van der Waals surface area contributed by atoms with Crippen LogP contribution in [0.1, 0.15) is 36.1 Å². The van der Waals surface area contributed by atoms with Gasteiger partial charge in [0.1, 0.15) is 0 Å². The van der Waals surface area contributed by atoms with E-state index in [0.717, 1.165) is 0 Å². The molecule has 1 aliphatic heterocycles. The lowest BCUT2D eigenvalue weighted by Crippen LogP contribution is -2.28. The molecule has 2 atom stereocenters. The van der Waals surface area contributed by atoms with E-state index in [-0.39, 0.29) is 18.6 Å². The molecular formula is C22H22ClN5O4S. The minimum atomic E-state index is -0.440. The Labute approximate surface area is 199 Å². The molecule has 0 bridgehead atoms. The van der Waals surface area contributed by atoms with Crippen molar-refractivity contribution in [2.75, 3.05) is 12.1 Å². The Bertz CT molecular complexity index is 1180. The average Bonchev–Trinajstić information content (AvgIpc) is 3.40. The second-order valence-electron chi connectivity index (χ2n) is 7.42. The number of aromatic nitrogens is 3. The van der Waals surface area contributed by atoms with Gasteiger partial charge in [-0.15, -0.1) is 10.2 Å². The number of thioether (sulfide) groups is 1. The third kappa shape index (κ3) is 5.23. The maximum Gasteiger partial charge on any atom is 0.251 e. The number of halogens is 1. The Kier molecular flexibility index (Phi) is 6.75. The van der Waals surface area contributed by atoms with Crippen molar-refractivity contribution in [2.45, 2.75) is 30.3 Å². The molecule has 2 N–H and O–H groups in total. The van der Waals surface area contributed by atoms with Crippen LogP contribution < -0.4 is 20.1 Å². The number of anilines is 1. The first-order chi connectivity index (χ1) is 15.8. The van der Waals surface area contributed by atoms with Crippen molar-refractivity contribution in [1.29, 1.82) is 0 Å². The van der Waals surface area contributed by atoms with Gasteiger partial charge in [-0.3, -0.25) is 9.59 Å². The monoisotopic (exact) mass is 487 g/mol. The van der Waals surface area contributed by atoms with Crippen molar-refractivity contribution in [3.63, 3.8) is 0 Å². The summed E-state index contributed by atoms with van der Waals surface area (Å²) in [5, 5.41) is 14.9. The first-order valence-corrected chi connectivity index (χ1v) is 11.4. The van der Waals surface area contributed by atoms with Crippen LogP contribution >= 0.6 is 23.4 Å². The Balaban J connectivity index is 1.37. The second kappa shape index (κ2) is 9.72. The number of amides is 2. The molecule has 0 spiro atoms. The molecule has 2 amide bonds. The summed E-state index contributed by atoms with van der Waals surface area (Å²) in [5.41, 5.74) is 1.12. The van der Waals surface area contributed by atoms with Crippen LogP contribution in [-0.4, -0.2) is 38.6 Å². The number of nitrogens with one attached hydrogen (secondary N) is 2. The summed E-state index contributed by atoms with van der Waals surface area (Å²) in [6.07, 6.45) is 0. The molecule has 33 heavy (non-hydrogen) atoms. The standard InChI is InChI=1S/C22H22ClN5O4S/c1-12(24-21(30)14-4-6-15(23)7-5-14)19-26-27-22(28(19)3)33-13(2)20(29)25-16-8-9-17-18(10-16)32-11-31-17/h4-10,12-13H,11H2,1-3H3,(H,24,30)(H,25,29)/t12-,13+/m1/s1. The molecule has 2 aromatic carbocycles. The molecule has 1 aromatic heterocycles. The number of hydrogen-bond acceptors (Lipinski definition) is 7.